The van der Waals surface area contributed by atoms with Crippen molar-refractivity contribution in [2.45, 2.75) is 19.9 Å². The minimum Gasteiger partial charge on any atom is -0.383 e. The first kappa shape index (κ1) is 15.0. The summed E-state index contributed by atoms with van der Waals surface area (Å²) in [4.78, 5) is 14.4. The van der Waals surface area contributed by atoms with Gasteiger partial charge in [0.2, 0.25) is 5.91 Å². The first-order chi connectivity index (χ1) is 9.60. The molecule has 0 spiro atoms. The molecular formula is C14H24N4O2. The number of aromatic nitrogens is 2. The van der Waals surface area contributed by atoms with Gasteiger partial charge in [-0.2, -0.15) is 5.10 Å². The maximum absolute atomic E-state index is 12.2. The second-order valence-corrected chi connectivity index (χ2v) is 5.40. The van der Waals surface area contributed by atoms with Gasteiger partial charge >= 0.3 is 0 Å². The van der Waals surface area contributed by atoms with Crippen LogP contribution in [0.2, 0.25) is 0 Å². The molecule has 0 radical (unpaired) electrons. The van der Waals surface area contributed by atoms with Gasteiger partial charge in [-0.25, -0.2) is 0 Å². The lowest BCUT2D eigenvalue weighted by atomic mass is 10.1. The van der Waals surface area contributed by atoms with E-state index in [2.05, 4.69) is 15.3 Å². The average Bonchev–Trinajstić information content (AvgIpc) is 3.00. The second kappa shape index (κ2) is 6.85. The average molecular weight is 280 g/mol. The first-order valence-electron chi connectivity index (χ1n) is 7.08. The van der Waals surface area contributed by atoms with E-state index in [1.165, 1.54) is 0 Å². The summed E-state index contributed by atoms with van der Waals surface area (Å²) in [6.45, 7) is 5.94. The van der Waals surface area contributed by atoms with Gasteiger partial charge in [-0.05, 0) is 26.0 Å². The molecule has 0 aromatic carbocycles. The minimum absolute atomic E-state index is 0.0983. The number of amides is 1. The summed E-state index contributed by atoms with van der Waals surface area (Å²) in [5.41, 5.74) is 2.01. The van der Waals surface area contributed by atoms with E-state index in [-0.39, 0.29) is 11.8 Å². The van der Waals surface area contributed by atoms with Crippen LogP contribution in [0.25, 0.3) is 0 Å². The highest BCUT2D eigenvalue weighted by Crippen LogP contribution is 2.16. The Labute approximate surface area is 120 Å². The van der Waals surface area contributed by atoms with Crippen molar-refractivity contribution in [1.29, 1.82) is 0 Å². The lowest BCUT2D eigenvalue weighted by Crippen LogP contribution is -2.33. The van der Waals surface area contributed by atoms with E-state index in [1.807, 2.05) is 24.7 Å². The minimum atomic E-state index is 0.0983. The van der Waals surface area contributed by atoms with Gasteiger partial charge in [0, 0.05) is 27.2 Å². The molecule has 1 amide bonds. The fraction of sp³-hybridized carbons (Fsp3) is 0.714. The van der Waals surface area contributed by atoms with E-state index in [0.717, 1.165) is 44.0 Å². The molecule has 0 saturated carbocycles. The Morgan fingerprint density at radius 3 is 3.05 bits per heavy atom. The number of carbonyl (C=O) groups is 1. The smallest absolute Gasteiger partial charge is 0.224 e. The van der Waals surface area contributed by atoms with E-state index in [9.17, 15) is 4.79 Å². The van der Waals surface area contributed by atoms with Crippen LogP contribution in [0.4, 0.5) is 0 Å². The van der Waals surface area contributed by atoms with Crippen molar-refractivity contribution in [3.05, 3.63) is 17.5 Å². The molecule has 1 aliphatic rings. The Bertz CT molecular complexity index is 458. The molecular weight excluding hydrogens is 256 g/mol. The third-order valence-corrected chi connectivity index (χ3v) is 3.80. The zero-order valence-electron chi connectivity index (χ0n) is 12.6. The molecule has 2 heterocycles. The number of ether oxygens (including phenoxy) is 1. The van der Waals surface area contributed by atoms with Crippen molar-refractivity contribution in [3.63, 3.8) is 0 Å². The highest BCUT2D eigenvalue weighted by atomic mass is 16.5. The summed E-state index contributed by atoms with van der Waals surface area (Å²) in [5, 5.41) is 7.29. The Hall–Kier alpha value is -1.40. The summed E-state index contributed by atoms with van der Waals surface area (Å²) >= 11 is 0. The fourth-order valence-electron chi connectivity index (χ4n) is 2.62. The SMILES string of the molecule is COCCN1CCC(C(=O)NCc2cc(C)nn2C)C1. The van der Waals surface area contributed by atoms with Crippen LogP contribution in [0.5, 0.6) is 0 Å². The van der Waals surface area contributed by atoms with Gasteiger partial charge in [-0.1, -0.05) is 0 Å². The molecule has 1 unspecified atom stereocenters. The van der Waals surface area contributed by atoms with Crippen molar-refractivity contribution < 1.29 is 9.53 Å². The van der Waals surface area contributed by atoms with E-state index in [0.29, 0.717) is 6.54 Å². The fourth-order valence-corrected chi connectivity index (χ4v) is 2.62. The normalized spacial score (nSPS) is 19.4. The summed E-state index contributed by atoms with van der Waals surface area (Å²) < 4.78 is 6.88. The zero-order valence-corrected chi connectivity index (χ0v) is 12.6. The van der Waals surface area contributed by atoms with Crippen molar-refractivity contribution in [3.8, 4) is 0 Å². The summed E-state index contributed by atoms with van der Waals surface area (Å²) in [5.74, 6) is 0.241. The molecule has 6 nitrogen and oxygen atoms in total. The van der Waals surface area contributed by atoms with Crippen LogP contribution in [0, 0.1) is 12.8 Å². The molecule has 1 atom stereocenters. The highest BCUT2D eigenvalue weighted by molar-refractivity contribution is 5.79. The standard InChI is InChI=1S/C14H24N4O2/c1-11-8-13(17(2)16-11)9-15-14(19)12-4-5-18(10-12)6-7-20-3/h8,12H,4-7,9-10H2,1-3H3,(H,15,19). The quantitative estimate of drug-likeness (QED) is 0.815. The van der Waals surface area contributed by atoms with Crippen LogP contribution in [-0.4, -0.2) is 53.9 Å². The number of hydrogen-bond acceptors (Lipinski definition) is 4. The molecule has 2 rings (SSSR count). The van der Waals surface area contributed by atoms with Crippen LogP contribution in [0.1, 0.15) is 17.8 Å². The topological polar surface area (TPSA) is 59.4 Å². The molecule has 1 fully saturated rings. The molecule has 0 bridgehead atoms. The van der Waals surface area contributed by atoms with Gasteiger partial charge in [0.1, 0.15) is 0 Å². The van der Waals surface area contributed by atoms with E-state index in [4.69, 9.17) is 4.74 Å². The summed E-state index contributed by atoms with van der Waals surface area (Å²) in [6, 6.07) is 2.00. The number of aryl methyl sites for hydroxylation is 2. The third kappa shape index (κ3) is 3.80. The predicted molar refractivity (Wildman–Crippen MR) is 76.2 cm³/mol. The molecule has 1 aromatic heterocycles. The van der Waals surface area contributed by atoms with Crippen LogP contribution in [0.15, 0.2) is 6.07 Å². The van der Waals surface area contributed by atoms with Crippen LogP contribution in [-0.2, 0) is 23.1 Å². The van der Waals surface area contributed by atoms with Crippen LogP contribution >= 0.6 is 0 Å². The first-order valence-corrected chi connectivity index (χ1v) is 7.08. The monoisotopic (exact) mass is 280 g/mol. The van der Waals surface area contributed by atoms with Gasteiger partial charge in [0.25, 0.3) is 0 Å². The number of hydrogen-bond donors (Lipinski definition) is 1. The third-order valence-electron chi connectivity index (χ3n) is 3.80. The number of rotatable bonds is 6. The maximum atomic E-state index is 12.2. The predicted octanol–water partition coefficient (Wildman–Crippen LogP) is 0.313. The van der Waals surface area contributed by atoms with Gasteiger partial charge in [-0.3, -0.25) is 9.48 Å². The van der Waals surface area contributed by atoms with Crippen molar-refractivity contribution >= 4 is 5.91 Å². The number of carbonyl (C=O) groups excluding carboxylic acids is 1. The lowest BCUT2D eigenvalue weighted by Gasteiger charge is -2.15. The Kier molecular flexibility index (Phi) is 5.14. The zero-order chi connectivity index (χ0) is 14.5. The molecule has 1 N–H and O–H groups in total. The molecule has 20 heavy (non-hydrogen) atoms. The maximum Gasteiger partial charge on any atom is 0.224 e. The van der Waals surface area contributed by atoms with E-state index in [1.54, 1.807) is 7.11 Å². The van der Waals surface area contributed by atoms with Gasteiger partial charge in [0.15, 0.2) is 0 Å². The largest absolute Gasteiger partial charge is 0.383 e. The van der Waals surface area contributed by atoms with E-state index < -0.39 is 0 Å². The van der Waals surface area contributed by atoms with Crippen molar-refractivity contribution in [2.24, 2.45) is 13.0 Å². The van der Waals surface area contributed by atoms with Gasteiger partial charge < -0.3 is 15.0 Å². The Morgan fingerprint density at radius 2 is 2.40 bits per heavy atom. The summed E-state index contributed by atoms with van der Waals surface area (Å²) in [6.07, 6.45) is 0.931. The molecule has 112 valence electrons. The van der Waals surface area contributed by atoms with Gasteiger partial charge in [0.05, 0.1) is 30.5 Å². The Morgan fingerprint density at radius 1 is 1.60 bits per heavy atom. The van der Waals surface area contributed by atoms with Crippen LogP contribution in [0.3, 0.4) is 0 Å². The highest BCUT2D eigenvalue weighted by Gasteiger charge is 2.27. The lowest BCUT2D eigenvalue weighted by molar-refractivity contribution is -0.124. The van der Waals surface area contributed by atoms with Crippen molar-refractivity contribution in [2.75, 3.05) is 33.4 Å². The number of nitrogens with one attached hydrogen (secondary N) is 1. The Balaban J connectivity index is 1.77. The molecule has 6 heteroatoms. The number of likely N-dealkylation sites (tertiary alicyclic amines) is 1. The summed E-state index contributed by atoms with van der Waals surface area (Å²) in [7, 11) is 3.60. The number of nitrogens with zero attached hydrogens (tertiary/aromatic N) is 3. The molecule has 1 saturated heterocycles. The van der Waals surface area contributed by atoms with Gasteiger partial charge in [-0.15, -0.1) is 0 Å². The molecule has 0 aliphatic carbocycles. The van der Waals surface area contributed by atoms with Crippen molar-refractivity contribution in [1.82, 2.24) is 20.0 Å². The molecule has 1 aliphatic heterocycles. The second-order valence-electron chi connectivity index (χ2n) is 5.40. The van der Waals surface area contributed by atoms with Crippen LogP contribution < -0.4 is 5.32 Å². The molecule has 1 aromatic rings. The van der Waals surface area contributed by atoms with E-state index >= 15 is 0 Å². The number of methoxy groups -OCH3 is 1.